The molecular weight excluding hydrogens is 460 g/mol. The highest BCUT2D eigenvalue weighted by atomic mass is 79.9. The molecule has 6 rings (SSSR count). The zero-order chi connectivity index (χ0) is 20.9. The van der Waals surface area contributed by atoms with Crippen molar-refractivity contribution in [1.82, 2.24) is 5.01 Å². The van der Waals surface area contributed by atoms with Crippen LogP contribution in [0.1, 0.15) is 35.4 Å². The van der Waals surface area contributed by atoms with Crippen LogP contribution >= 0.6 is 15.9 Å². The Bertz CT molecular complexity index is 1210. The third-order valence-electron chi connectivity index (χ3n) is 5.86. The number of nitrogens with zero attached hydrogens (tertiary/aromatic N) is 2. The van der Waals surface area contributed by atoms with Crippen molar-refractivity contribution in [2.75, 3.05) is 13.9 Å². The lowest BCUT2D eigenvalue weighted by Gasteiger charge is -2.38. The van der Waals surface area contributed by atoms with Crippen molar-refractivity contribution in [2.45, 2.75) is 18.7 Å². The monoisotopic (exact) mass is 478 g/mol. The molecule has 3 aliphatic rings. The van der Waals surface area contributed by atoms with Gasteiger partial charge in [-0.15, -0.1) is 0 Å². The van der Waals surface area contributed by atoms with Gasteiger partial charge in [0.1, 0.15) is 11.5 Å². The summed E-state index contributed by atoms with van der Waals surface area (Å²) in [6, 6.07) is 20.1. The lowest BCUT2D eigenvalue weighted by molar-refractivity contribution is -0.0203. The average Bonchev–Trinajstić information content (AvgIpc) is 3.45. The molecule has 0 unspecified atom stereocenters. The summed E-state index contributed by atoms with van der Waals surface area (Å²) in [5, 5.41) is 7.07. The van der Waals surface area contributed by atoms with Gasteiger partial charge in [-0.2, -0.15) is 5.10 Å². The van der Waals surface area contributed by atoms with E-state index in [4.69, 9.17) is 24.0 Å². The predicted octanol–water partition coefficient (Wildman–Crippen LogP) is 5.43. The molecule has 2 atom stereocenters. The molecule has 0 aromatic heterocycles. The van der Waals surface area contributed by atoms with Gasteiger partial charge in [0.25, 0.3) is 0 Å². The summed E-state index contributed by atoms with van der Waals surface area (Å²) in [7, 11) is 1.67. The highest BCUT2D eigenvalue weighted by molar-refractivity contribution is 9.10. The summed E-state index contributed by atoms with van der Waals surface area (Å²) in [6.07, 6.45) is 0.367. The van der Waals surface area contributed by atoms with E-state index in [-0.39, 0.29) is 12.8 Å². The molecule has 3 aliphatic heterocycles. The molecule has 0 saturated carbocycles. The first-order valence-corrected chi connectivity index (χ1v) is 10.9. The van der Waals surface area contributed by atoms with Crippen LogP contribution in [-0.2, 0) is 0 Å². The highest BCUT2D eigenvalue weighted by Crippen LogP contribution is 2.49. The molecule has 3 aromatic rings. The summed E-state index contributed by atoms with van der Waals surface area (Å²) in [4.78, 5) is 0. The van der Waals surface area contributed by atoms with E-state index >= 15 is 0 Å². The Balaban J connectivity index is 1.46. The van der Waals surface area contributed by atoms with E-state index < -0.39 is 6.23 Å². The molecule has 156 valence electrons. The average molecular weight is 479 g/mol. The second-order valence-electron chi connectivity index (χ2n) is 7.61. The second kappa shape index (κ2) is 7.20. The summed E-state index contributed by atoms with van der Waals surface area (Å²) in [6.45, 7) is 0.256. The molecule has 6 nitrogen and oxygen atoms in total. The van der Waals surface area contributed by atoms with Gasteiger partial charge in [-0.25, -0.2) is 5.01 Å². The van der Waals surface area contributed by atoms with Crippen molar-refractivity contribution >= 4 is 21.6 Å². The normalized spacial score (nSPS) is 20.6. The van der Waals surface area contributed by atoms with Crippen molar-refractivity contribution in [3.05, 3.63) is 81.8 Å². The smallest absolute Gasteiger partial charge is 0.231 e. The lowest BCUT2D eigenvalue weighted by atomic mass is 9.95. The number of fused-ring (bicyclic) bond motifs is 4. The van der Waals surface area contributed by atoms with Crippen LogP contribution in [0, 0.1) is 0 Å². The zero-order valence-electron chi connectivity index (χ0n) is 16.7. The number of ether oxygens (including phenoxy) is 4. The van der Waals surface area contributed by atoms with Crippen molar-refractivity contribution < 1.29 is 18.9 Å². The van der Waals surface area contributed by atoms with E-state index in [1.807, 2.05) is 59.6 Å². The van der Waals surface area contributed by atoms with Crippen LogP contribution < -0.4 is 18.9 Å². The van der Waals surface area contributed by atoms with Gasteiger partial charge in [0.05, 0.1) is 24.4 Å². The van der Waals surface area contributed by atoms with E-state index in [0.29, 0.717) is 0 Å². The molecule has 0 bridgehead atoms. The molecular formula is C24H19BrN2O4. The third kappa shape index (κ3) is 3.03. The summed E-state index contributed by atoms with van der Waals surface area (Å²) in [5.74, 6) is 3.16. The van der Waals surface area contributed by atoms with Gasteiger partial charge in [0, 0.05) is 22.0 Å². The van der Waals surface area contributed by atoms with Crippen molar-refractivity contribution in [3.63, 3.8) is 0 Å². The molecule has 0 saturated heterocycles. The first-order valence-electron chi connectivity index (χ1n) is 10.1. The van der Waals surface area contributed by atoms with E-state index in [2.05, 4.69) is 22.0 Å². The van der Waals surface area contributed by atoms with Crippen LogP contribution in [0.15, 0.2) is 70.2 Å². The maximum atomic E-state index is 6.46. The quantitative estimate of drug-likeness (QED) is 0.502. The molecule has 0 spiro atoms. The molecule has 0 amide bonds. The number of methoxy groups -OCH3 is 1. The van der Waals surface area contributed by atoms with Crippen LogP contribution in [0.4, 0.5) is 0 Å². The number of benzene rings is 3. The van der Waals surface area contributed by atoms with Crippen molar-refractivity contribution in [1.29, 1.82) is 0 Å². The van der Waals surface area contributed by atoms with E-state index in [1.165, 1.54) is 0 Å². The van der Waals surface area contributed by atoms with E-state index in [0.717, 1.165) is 56.3 Å². The van der Waals surface area contributed by atoms with E-state index in [1.54, 1.807) is 7.11 Å². The Kier molecular flexibility index (Phi) is 4.31. The van der Waals surface area contributed by atoms with Gasteiger partial charge >= 0.3 is 0 Å². The van der Waals surface area contributed by atoms with Gasteiger partial charge in [0.15, 0.2) is 11.5 Å². The van der Waals surface area contributed by atoms with Gasteiger partial charge in [0.2, 0.25) is 13.0 Å². The van der Waals surface area contributed by atoms with Gasteiger partial charge in [-0.3, -0.25) is 0 Å². The van der Waals surface area contributed by atoms with Crippen molar-refractivity contribution in [2.24, 2.45) is 5.10 Å². The van der Waals surface area contributed by atoms with Gasteiger partial charge in [-0.1, -0.05) is 34.1 Å². The van der Waals surface area contributed by atoms with Gasteiger partial charge < -0.3 is 18.9 Å². The van der Waals surface area contributed by atoms with Crippen LogP contribution in [0.2, 0.25) is 0 Å². The summed E-state index contributed by atoms with van der Waals surface area (Å²) < 4.78 is 24.1. The highest BCUT2D eigenvalue weighted by Gasteiger charge is 2.42. The molecule has 0 aliphatic carbocycles. The minimum atomic E-state index is -0.404. The SMILES string of the molecule is COc1ccc(Br)cc1[C@H]1Oc2ccccc2[C@H]2CC(c3ccc4c(c3)OCO4)=NN21. The van der Waals surface area contributed by atoms with Crippen LogP contribution in [0.3, 0.4) is 0 Å². The van der Waals surface area contributed by atoms with Crippen LogP contribution in [-0.4, -0.2) is 24.6 Å². The zero-order valence-corrected chi connectivity index (χ0v) is 18.3. The second-order valence-corrected chi connectivity index (χ2v) is 8.52. The maximum Gasteiger partial charge on any atom is 0.231 e. The Morgan fingerprint density at radius 1 is 0.968 bits per heavy atom. The fraction of sp³-hybridized carbons (Fsp3) is 0.208. The topological polar surface area (TPSA) is 52.5 Å². The Morgan fingerprint density at radius 3 is 2.74 bits per heavy atom. The number of halogens is 1. The van der Waals surface area contributed by atoms with E-state index in [9.17, 15) is 0 Å². The van der Waals surface area contributed by atoms with Crippen LogP contribution in [0.5, 0.6) is 23.0 Å². The fourth-order valence-electron chi connectivity index (χ4n) is 4.39. The molecule has 0 fully saturated rings. The van der Waals surface area contributed by atoms with Crippen LogP contribution in [0.25, 0.3) is 0 Å². The minimum Gasteiger partial charge on any atom is -0.496 e. The molecule has 0 radical (unpaired) electrons. The maximum absolute atomic E-state index is 6.46. The Morgan fingerprint density at radius 2 is 1.84 bits per heavy atom. The molecule has 7 heteroatoms. The standard InChI is InChI=1S/C24H19BrN2O4/c1-28-20-9-7-15(25)11-17(20)24-27-19(16-4-2-3-5-21(16)31-24)12-18(26-27)14-6-8-22-23(10-14)30-13-29-22/h2-11,19,24H,12-13H2,1H3/t19-,24-/m1/s1. The minimum absolute atomic E-state index is 0.0686. The molecule has 0 N–H and O–H groups in total. The predicted molar refractivity (Wildman–Crippen MR) is 119 cm³/mol. The molecule has 3 aromatic carbocycles. The summed E-state index contributed by atoms with van der Waals surface area (Å²) in [5.41, 5.74) is 4.07. The van der Waals surface area contributed by atoms with Crippen molar-refractivity contribution in [3.8, 4) is 23.0 Å². The summed E-state index contributed by atoms with van der Waals surface area (Å²) >= 11 is 3.58. The lowest BCUT2D eigenvalue weighted by Crippen LogP contribution is -2.33. The first-order chi connectivity index (χ1) is 15.2. The molecule has 3 heterocycles. The Hall–Kier alpha value is -3.19. The number of hydrogen-bond acceptors (Lipinski definition) is 6. The Labute approximate surface area is 188 Å². The number of para-hydroxylation sites is 1. The number of hydrogen-bond donors (Lipinski definition) is 0. The van der Waals surface area contributed by atoms with Gasteiger partial charge in [-0.05, 0) is 42.5 Å². The molecule has 31 heavy (non-hydrogen) atoms. The fourth-order valence-corrected chi connectivity index (χ4v) is 4.77. The largest absolute Gasteiger partial charge is 0.496 e. The first kappa shape index (κ1) is 18.6. The number of rotatable bonds is 3. The third-order valence-corrected chi connectivity index (χ3v) is 6.36. The number of hydrazone groups is 1.